The number of carbonyl (C=O) groups is 2. The molecule has 4 bridgehead atoms. The van der Waals surface area contributed by atoms with E-state index in [0.717, 1.165) is 6.42 Å². The number of nitrogens with one attached hydrogen (secondary N) is 1. The van der Waals surface area contributed by atoms with Crippen LogP contribution in [0.25, 0.3) is 17.2 Å². The molecule has 6 rings (SSSR count). The molecule has 1 fully saturated rings. The van der Waals surface area contributed by atoms with E-state index >= 15 is 0 Å². The maximum absolute atomic E-state index is 12.5. The van der Waals surface area contributed by atoms with Gasteiger partial charge in [0.1, 0.15) is 0 Å². The first-order chi connectivity index (χ1) is 14.7. The van der Waals surface area contributed by atoms with E-state index in [-0.39, 0.29) is 20.1 Å². The van der Waals surface area contributed by atoms with Crippen molar-refractivity contribution in [2.24, 2.45) is 0 Å². The standard InChI is InChI=1S/C25H18NO2S.In/c27-24-23(29-25(28)26-24)17-21-13-5-4-9-18(21)14-8-15-20-12-6-7-16-22(20)19-10-2-1-3-11-19;/h1-7,10-14,16-17,23H,15H2,(H,26,27,28);. The second-order valence-electron chi connectivity index (χ2n) is 8.09. The second-order valence-corrected chi connectivity index (χ2v) is 17.9. The average molecular weight is 511 g/mol. The van der Waals surface area contributed by atoms with E-state index in [4.69, 9.17) is 0 Å². The molecule has 2 amide bonds. The molecular weight excluding hydrogens is 493 g/mol. The Hall–Kier alpha value is -2.24. The Labute approximate surface area is 187 Å². The Morgan fingerprint density at radius 2 is 1.70 bits per heavy atom. The molecule has 3 aromatic rings. The van der Waals surface area contributed by atoms with E-state index in [9.17, 15) is 9.59 Å². The summed E-state index contributed by atoms with van der Waals surface area (Å²) in [5.41, 5.74) is 6.51. The van der Waals surface area contributed by atoms with Crippen molar-refractivity contribution < 1.29 is 9.59 Å². The van der Waals surface area contributed by atoms with Crippen LogP contribution in [0.4, 0.5) is 4.79 Å². The van der Waals surface area contributed by atoms with E-state index in [0.29, 0.717) is 0 Å². The first-order valence-electron chi connectivity index (χ1n) is 10.2. The summed E-state index contributed by atoms with van der Waals surface area (Å²) in [6.45, 7) is 0. The summed E-state index contributed by atoms with van der Waals surface area (Å²) < 4.78 is 3.30. The Morgan fingerprint density at radius 3 is 2.47 bits per heavy atom. The number of rotatable bonds is 4. The SMILES string of the molecule is O=C1NC(=O)C([CH]2c3ccc[c]4c3C=[C](Cc3ccccc3-c3ccccc3)[In]42)S1. The first-order valence-corrected chi connectivity index (χ1v) is 16.3. The number of amides is 2. The van der Waals surface area contributed by atoms with Crippen LogP contribution < -0.4 is 8.64 Å². The average Bonchev–Trinajstić information content (AvgIpc) is 3.34. The van der Waals surface area contributed by atoms with Crippen molar-refractivity contribution in [3.8, 4) is 11.1 Å². The van der Waals surface area contributed by atoms with Crippen molar-refractivity contribution in [3.05, 3.63) is 92.8 Å². The van der Waals surface area contributed by atoms with Gasteiger partial charge in [-0.2, -0.15) is 0 Å². The van der Waals surface area contributed by atoms with Crippen LogP contribution in [0.1, 0.15) is 20.4 Å². The van der Waals surface area contributed by atoms with Crippen LogP contribution >= 0.6 is 11.8 Å². The molecule has 0 saturated carbocycles. The number of carbonyl (C=O) groups excluding carboxylic acids is 2. The van der Waals surface area contributed by atoms with Crippen LogP contribution in [0.3, 0.4) is 0 Å². The van der Waals surface area contributed by atoms with Crippen LogP contribution in [0, 0.1) is 0 Å². The Bertz CT molecular complexity index is 1240. The molecule has 30 heavy (non-hydrogen) atoms. The van der Waals surface area contributed by atoms with Crippen molar-refractivity contribution >= 4 is 53.7 Å². The van der Waals surface area contributed by atoms with Gasteiger partial charge in [-0.05, 0) is 0 Å². The first kappa shape index (κ1) is 18.5. The third kappa shape index (κ3) is 2.83. The molecule has 1 N–H and O–H groups in total. The summed E-state index contributed by atoms with van der Waals surface area (Å²) >= 11 is -1.27. The number of hydrogen-bond acceptors (Lipinski definition) is 3. The summed E-state index contributed by atoms with van der Waals surface area (Å²) in [5.74, 6) is -0.101. The number of benzene rings is 3. The van der Waals surface area contributed by atoms with Gasteiger partial charge in [-0.1, -0.05) is 0 Å². The van der Waals surface area contributed by atoms with Gasteiger partial charge in [0.05, 0.1) is 0 Å². The van der Waals surface area contributed by atoms with Crippen molar-refractivity contribution in [2.75, 3.05) is 0 Å². The third-order valence-corrected chi connectivity index (χ3v) is 19.2. The van der Waals surface area contributed by atoms with Crippen LogP contribution in [0.5, 0.6) is 0 Å². The predicted octanol–water partition coefficient (Wildman–Crippen LogP) is 4.22. The molecule has 3 aromatic carbocycles. The molecule has 3 aliphatic heterocycles. The number of thioether (sulfide) groups is 1. The van der Waals surface area contributed by atoms with Gasteiger partial charge in [-0.25, -0.2) is 0 Å². The molecule has 1 saturated heterocycles. The van der Waals surface area contributed by atoms with Gasteiger partial charge in [-0.3, -0.25) is 0 Å². The normalized spacial score (nSPS) is 21.2. The zero-order valence-electron chi connectivity index (χ0n) is 16.2. The number of imide groups is 1. The Kier molecular flexibility index (Phi) is 4.43. The van der Waals surface area contributed by atoms with Crippen LogP contribution in [0.15, 0.2) is 76.1 Å². The van der Waals surface area contributed by atoms with Crippen molar-refractivity contribution in [1.82, 2.24) is 5.32 Å². The van der Waals surface area contributed by atoms with E-state index in [1.165, 1.54) is 42.9 Å². The summed E-state index contributed by atoms with van der Waals surface area (Å²) in [5, 5.41) is 2.06. The molecule has 144 valence electrons. The Morgan fingerprint density at radius 1 is 0.900 bits per heavy atom. The summed E-state index contributed by atoms with van der Waals surface area (Å²) in [6.07, 6.45) is 3.34. The molecule has 3 nitrogen and oxygen atoms in total. The number of allylic oxidation sites excluding steroid dienone is 1. The maximum atomic E-state index is 12.5. The van der Waals surface area contributed by atoms with Gasteiger partial charge in [-0.15, -0.1) is 0 Å². The third-order valence-electron chi connectivity index (χ3n) is 6.50. The van der Waals surface area contributed by atoms with Crippen molar-refractivity contribution in [3.63, 3.8) is 0 Å². The minimum absolute atomic E-state index is 0.101. The van der Waals surface area contributed by atoms with Gasteiger partial charge in [0.2, 0.25) is 0 Å². The fourth-order valence-electron chi connectivity index (χ4n) is 5.31. The molecule has 2 atom stereocenters. The van der Waals surface area contributed by atoms with Gasteiger partial charge in [0, 0.05) is 0 Å². The second kappa shape index (κ2) is 7.17. The zero-order chi connectivity index (χ0) is 20.2. The summed E-state index contributed by atoms with van der Waals surface area (Å²) in [4.78, 5) is 24.4. The van der Waals surface area contributed by atoms with Gasteiger partial charge < -0.3 is 0 Å². The fourth-order valence-corrected chi connectivity index (χ4v) is 19.6. The van der Waals surface area contributed by atoms with Crippen molar-refractivity contribution in [1.29, 1.82) is 0 Å². The molecule has 3 aliphatic rings. The molecule has 3 heterocycles. The molecule has 0 aromatic heterocycles. The molecule has 0 aliphatic carbocycles. The van der Waals surface area contributed by atoms with Gasteiger partial charge >= 0.3 is 188 Å². The summed E-state index contributed by atoms with van der Waals surface area (Å²) in [6, 6.07) is 25.7. The van der Waals surface area contributed by atoms with Gasteiger partial charge in [0.25, 0.3) is 0 Å². The topological polar surface area (TPSA) is 46.2 Å². The number of hydrogen-bond donors (Lipinski definition) is 1. The van der Waals surface area contributed by atoms with Gasteiger partial charge in [0.15, 0.2) is 0 Å². The quantitative estimate of drug-likeness (QED) is 0.571. The fraction of sp³-hybridized carbons (Fsp3) is 0.120. The van der Waals surface area contributed by atoms with Crippen molar-refractivity contribution in [2.45, 2.75) is 15.3 Å². The van der Waals surface area contributed by atoms with E-state index in [1.807, 2.05) is 6.07 Å². The van der Waals surface area contributed by atoms with Crippen LogP contribution in [0.2, 0.25) is 0 Å². The monoisotopic (exact) mass is 511 g/mol. The predicted molar refractivity (Wildman–Crippen MR) is 123 cm³/mol. The van der Waals surface area contributed by atoms with E-state index in [2.05, 4.69) is 78.1 Å². The van der Waals surface area contributed by atoms with E-state index < -0.39 is 21.4 Å². The molecule has 0 spiro atoms. The van der Waals surface area contributed by atoms with E-state index in [1.54, 1.807) is 3.33 Å². The molecule has 2 unspecified atom stereocenters. The summed E-state index contributed by atoms with van der Waals surface area (Å²) in [7, 11) is 0. The van der Waals surface area contributed by atoms with Crippen LogP contribution in [-0.2, 0) is 11.2 Å². The minimum atomic E-state index is -2.47. The molecule has 5 heteroatoms. The Balaban J connectivity index is 1.38. The van der Waals surface area contributed by atoms with Crippen LogP contribution in [-0.4, -0.2) is 37.8 Å². The molecule has 0 radical (unpaired) electrons. The zero-order valence-corrected chi connectivity index (χ0v) is 20.3. The molecular formula is C25H18InNO2S.